The van der Waals surface area contributed by atoms with E-state index in [1.54, 1.807) is 25.1 Å². The number of para-hydroxylation sites is 1. The molecule has 3 amide bonds. The van der Waals surface area contributed by atoms with Gasteiger partial charge in [0.25, 0.3) is 0 Å². The van der Waals surface area contributed by atoms with Gasteiger partial charge in [-0.05, 0) is 18.1 Å². The first-order valence-electron chi connectivity index (χ1n) is 7.01. The molecule has 2 N–H and O–H groups in total. The Morgan fingerprint density at radius 2 is 2.27 bits per heavy atom. The molecule has 1 saturated heterocycles. The van der Waals surface area contributed by atoms with E-state index in [4.69, 9.17) is 4.42 Å². The zero-order chi connectivity index (χ0) is 15.7. The molecule has 0 aliphatic carbocycles. The van der Waals surface area contributed by atoms with E-state index in [0.29, 0.717) is 23.4 Å². The van der Waals surface area contributed by atoms with Crippen molar-refractivity contribution >= 4 is 28.8 Å². The Hall–Kier alpha value is -2.70. The number of imide groups is 1. The average molecular weight is 301 g/mol. The predicted molar refractivity (Wildman–Crippen MR) is 76.8 cm³/mol. The summed E-state index contributed by atoms with van der Waals surface area (Å²) in [5, 5.41) is 4.86. The first kappa shape index (κ1) is 14.2. The van der Waals surface area contributed by atoms with Crippen LogP contribution in [0.4, 0.5) is 0 Å². The van der Waals surface area contributed by atoms with Gasteiger partial charge in [0.1, 0.15) is 11.6 Å². The largest absolute Gasteiger partial charge is 0.441 e. The van der Waals surface area contributed by atoms with Crippen LogP contribution in [0.25, 0.3) is 11.1 Å². The second-order valence-electron chi connectivity index (χ2n) is 5.24. The Balaban J connectivity index is 1.71. The van der Waals surface area contributed by atoms with Crippen molar-refractivity contribution < 1.29 is 18.8 Å². The molecule has 1 aromatic heterocycles. The number of hydrogen-bond donors (Lipinski definition) is 2. The lowest BCUT2D eigenvalue weighted by Crippen LogP contribution is -2.52. The number of carbonyl (C=O) groups is 3. The van der Waals surface area contributed by atoms with Gasteiger partial charge >= 0.3 is 0 Å². The molecule has 0 saturated carbocycles. The topological polar surface area (TPSA) is 101 Å². The number of piperidine rings is 1. The third-order valence-electron chi connectivity index (χ3n) is 3.53. The van der Waals surface area contributed by atoms with Gasteiger partial charge < -0.3 is 9.73 Å². The molecule has 1 atom stereocenters. The molecule has 1 aliphatic rings. The van der Waals surface area contributed by atoms with Gasteiger partial charge in [-0.2, -0.15) is 0 Å². The number of carbonyl (C=O) groups excluding carboxylic acids is 3. The van der Waals surface area contributed by atoms with Crippen LogP contribution in [0.15, 0.2) is 22.6 Å². The van der Waals surface area contributed by atoms with Crippen LogP contribution in [-0.4, -0.2) is 28.7 Å². The highest BCUT2D eigenvalue weighted by Crippen LogP contribution is 2.19. The molecule has 114 valence electrons. The van der Waals surface area contributed by atoms with E-state index < -0.39 is 11.9 Å². The molecule has 2 aromatic rings. The quantitative estimate of drug-likeness (QED) is 0.808. The Kier molecular flexibility index (Phi) is 3.62. The van der Waals surface area contributed by atoms with Crippen molar-refractivity contribution in [1.29, 1.82) is 0 Å². The lowest BCUT2D eigenvalue weighted by molar-refractivity contribution is -0.137. The van der Waals surface area contributed by atoms with Crippen LogP contribution in [0.2, 0.25) is 0 Å². The number of nitrogens with zero attached hydrogens (tertiary/aromatic N) is 1. The lowest BCUT2D eigenvalue weighted by Gasteiger charge is -2.21. The molecule has 1 unspecified atom stereocenters. The van der Waals surface area contributed by atoms with E-state index in [-0.39, 0.29) is 24.7 Å². The Labute approximate surface area is 126 Å². The second-order valence-corrected chi connectivity index (χ2v) is 5.24. The maximum Gasteiger partial charge on any atom is 0.249 e. The number of oxazole rings is 1. The van der Waals surface area contributed by atoms with Gasteiger partial charge in [-0.1, -0.05) is 12.1 Å². The summed E-state index contributed by atoms with van der Waals surface area (Å²) in [4.78, 5) is 39.1. The molecule has 1 fully saturated rings. The van der Waals surface area contributed by atoms with Gasteiger partial charge in [-0.15, -0.1) is 0 Å². The van der Waals surface area contributed by atoms with E-state index in [2.05, 4.69) is 15.6 Å². The fraction of sp³-hybridized carbons (Fsp3) is 0.333. The van der Waals surface area contributed by atoms with Crippen molar-refractivity contribution in [2.24, 2.45) is 0 Å². The summed E-state index contributed by atoms with van der Waals surface area (Å²) in [5.41, 5.74) is 2.02. The highest BCUT2D eigenvalue weighted by atomic mass is 16.3. The van der Waals surface area contributed by atoms with Gasteiger partial charge in [0.2, 0.25) is 17.7 Å². The van der Waals surface area contributed by atoms with Crippen LogP contribution in [0.3, 0.4) is 0 Å². The van der Waals surface area contributed by atoms with E-state index in [0.717, 1.165) is 5.56 Å². The normalized spacial score (nSPS) is 18.3. The number of benzene rings is 1. The molecular formula is C15H15N3O4. The van der Waals surface area contributed by atoms with Gasteiger partial charge in [0.05, 0.1) is 6.42 Å². The van der Waals surface area contributed by atoms with Crippen molar-refractivity contribution in [1.82, 2.24) is 15.6 Å². The monoisotopic (exact) mass is 301 g/mol. The molecule has 22 heavy (non-hydrogen) atoms. The molecule has 1 aromatic carbocycles. The van der Waals surface area contributed by atoms with Gasteiger partial charge in [0.15, 0.2) is 11.5 Å². The summed E-state index contributed by atoms with van der Waals surface area (Å²) in [5.74, 6) is -0.519. The highest BCUT2D eigenvalue weighted by Gasteiger charge is 2.27. The minimum Gasteiger partial charge on any atom is -0.441 e. The number of nitrogens with one attached hydrogen (secondary N) is 2. The molecule has 0 bridgehead atoms. The minimum absolute atomic E-state index is 0.0983. The molecule has 7 heteroatoms. The van der Waals surface area contributed by atoms with Crippen LogP contribution in [0.1, 0.15) is 24.3 Å². The molecular weight excluding hydrogens is 286 g/mol. The van der Waals surface area contributed by atoms with Crippen LogP contribution in [-0.2, 0) is 20.8 Å². The second kappa shape index (κ2) is 5.59. The maximum atomic E-state index is 12.1. The SMILES string of the molecule is Cc1nc2c(CC(=O)NC3CCC(=O)NC3=O)cccc2o1. The maximum absolute atomic E-state index is 12.1. The molecule has 0 spiro atoms. The number of hydrogen-bond acceptors (Lipinski definition) is 5. The first-order valence-corrected chi connectivity index (χ1v) is 7.01. The first-order chi connectivity index (χ1) is 10.5. The summed E-state index contributed by atoms with van der Waals surface area (Å²) >= 11 is 0. The number of fused-ring (bicyclic) bond motifs is 1. The van der Waals surface area contributed by atoms with Crippen molar-refractivity contribution in [2.45, 2.75) is 32.2 Å². The van der Waals surface area contributed by atoms with E-state index in [1.807, 2.05) is 0 Å². The van der Waals surface area contributed by atoms with Crippen molar-refractivity contribution in [3.05, 3.63) is 29.7 Å². The smallest absolute Gasteiger partial charge is 0.249 e. The van der Waals surface area contributed by atoms with Crippen molar-refractivity contribution in [3.8, 4) is 0 Å². The zero-order valence-electron chi connectivity index (χ0n) is 12.0. The summed E-state index contributed by atoms with van der Waals surface area (Å²) in [6, 6.07) is 4.72. The molecule has 0 radical (unpaired) electrons. The number of aryl methyl sites for hydroxylation is 1. The molecule has 7 nitrogen and oxygen atoms in total. The van der Waals surface area contributed by atoms with E-state index >= 15 is 0 Å². The standard InChI is InChI=1S/C15H15N3O4/c1-8-16-14-9(3-2-4-11(14)22-8)7-13(20)17-10-5-6-12(19)18-15(10)21/h2-4,10H,5-7H2,1H3,(H,17,20)(H,18,19,21). The highest BCUT2D eigenvalue weighted by molar-refractivity contribution is 6.01. The van der Waals surface area contributed by atoms with Crippen molar-refractivity contribution in [3.63, 3.8) is 0 Å². The fourth-order valence-electron chi connectivity index (χ4n) is 2.51. The Morgan fingerprint density at radius 3 is 3.05 bits per heavy atom. The number of aromatic nitrogens is 1. The summed E-state index contributed by atoms with van der Waals surface area (Å²) < 4.78 is 5.42. The molecule has 2 heterocycles. The number of rotatable bonds is 3. The van der Waals surface area contributed by atoms with Gasteiger partial charge in [0, 0.05) is 13.3 Å². The number of amides is 3. The van der Waals surface area contributed by atoms with Crippen LogP contribution >= 0.6 is 0 Å². The van der Waals surface area contributed by atoms with Crippen LogP contribution < -0.4 is 10.6 Å². The van der Waals surface area contributed by atoms with Gasteiger partial charge in [-0.25, -0.2) is 4.98 Å². The lowest BCUT2D eigenvalue weighted by atomic mass is 10.1. The Bertz CT molecular complexity index is 765. The third kappa shape index (κ3) is 2.83. The average Bonchev–Trinajstić information content (AvgIpc) is 2.83. The van der Waals surface area contributed by atoms with Gasteiger partial charge in [-0.3, -0.25) is 19.7 Å². The summed E-state index contributed by atoms with van der Waals surface area (Å²) in [6.45, 7) is 1.74. The fourth-order valence-corrected chi connectivity index (χ4v) is 2.51. The van der Waals surface area contributed by atoms with Crippen LogP contribution in [0.5, 0.6) is 0 Å². The zero-order valence-corrected chi connectivity index (χ0v) is 12.0. The van der Waals surface area contributed by atoms with Crippen LogP contribution in [0, 0.1) is 6.92 Å². The molecule has 1 aliphatic heterocycles. The van der Waals surface area contributed by atoms with E-state index in [1.165, 1.54) is 0 Å². The summed E-state index contributed by atoms with van der Waals surface area (Å²) in [7, 11) is 0. The Morgan fingerprint density at radius 1 is 1.45 bits per heavy atom. The van der Waals surface area contributed by atoms with Crippen molar-refractivity contribution in [2.75, 3.05) is 0 Å². The third-order valence-corrected chi connectivity index (χ3v) is 3.53. The minimum atomic E-state index is -0.663. The predicted octanol–water partition coefficient (Wildman–Crippen LogP) is 0.600. The molecule has 3 rings (SSSR count). The summed E-state index contributed by atoms with van der Waals surface area (Å²) in [6.07, 6.45) is 0.652. The van der Waals surface area contributed by atoms with E-state index in [9.17, 15) is 14.4 Å².